The van der Waals surface area contributed by atoms with Crippen LogP contribution in [-0.4, -0.2) is 17.1 Å². The van der Waals surface area contributed by atoms with E-state index in [0.29, 0.717) is 6.42 Å². The molecule has 0 spiro atoms. The Kier molecular flexibility index (Phi) is 4.53. The van der Waals surface area contributed by atoms with Crippen molar-refractivity contribution in [3.63, 3.8) is 0 Å². The Morgan fingerprint density at radius 2 is 2.26 bits per heavy atom. The maximum atomic E-state index is 13.2. The second-order valence-corrected chi connectivity index (χ2v) is 5.34. The topological polar surface area (TPSA) is 49.3 Å². The molecule has 1 fully saturated rings. The van der Waals surface area contributed by atoms with Gasteiger partial charge in [-0.3, -0.25) is 4.79 Å². The maximum Gasteiger partial charge on any atom is 0.306 e. The standard InChI is InChI=1S/C15H20FNO2/c1-10(11-4-2-6-13(16)8-11)17-14-7-3-5-12(9-14)15(18)19/h2,4,6,8,10,12,14,17H,3,5,7,9H2,1H3,(H,18,19). The molecule has 0 radical (unpaired) electrons. The molecular formula is C15H20FNO2. The Morgan fingerprint density at radius 3 is 2.95 bits per heavy atom. The molecule has 0 saturated heterocycles. The summed E-state index contributed by atoms with van der Waals surface area (Å²) in [5, 5.41) is 12.5. The van der Waals surface area contributed by atoms with E-state index in [4.69, 9.17) is 5.11 Å². The lowest BCUT2D eigenvalue weighted by molar-refractivity contribution is -0.143. The molecule has 19 heavy (non-hydrogen) atoms. The van der Waals surface area contributed by atoms with Gasteiger partial charge in [-0.2, -0.15) is 0 Å². The zero-order valence-corrected chi connectivity index (χ0v) is 11.1. The van der Waals surface area contributed by atoms with Gasteiger partial charge in [-0.25, -0.2) is 4.39 Å². The van der Waals surface area contributed by atoms with Crippen LogP contribution >= 0.6 is 0 Å². The van der Waals surface area contributed by atoms with Crippen LogP contribution < -0.4 is 5.32 Å². The van der Waals surface area contributed by atoms with Gasteiger partial charge in [0.1, 0.15) is 5.82 Å². The van der Waals surface area contributed by atoms with Crippen LogP contribution in [0.1, 0.15) is 44.2 Å². The molecule has 1 saturated carbocycles. The molecule has 3 unspecified atom stereocenters. The normalized spacial score (nSPS) is 24.9. The molecule has 0 amide bonds. The predicted molar refractivity (Wildman–Crippen MR) is 71.3 cm³/mol. The second kappa shape index (κ2) is 6.15. The van der Waals surface area contributed by atoms with E-state index in [9.17, 15) is 9.18 Å². The van der Waals surface area contributed by atoms with Gasteiger partial charge in [0.15, 0.2) is 0 Å². The molecule has 1 aliphatic carbocycles. The number of carboxylic acid groups (broad SMARTS) is 1. The first-order chi connectivity index (χ1) is 9.06. The Bertz CT molecular complexity index is 450. The average Bonchev–Trinajstić information content (AvgIpc) is 2.39. The van der Waals surface area contributed by atoms with Gasteiger partial charge in [0.2, 0.25) is 0 Å². The monoisotopic (exact) mass is 265 g/mol. The molecule has 1 aromatic rings. The average molecular weight is 265 g/mol. The van der Waals surface area contributed by atoms with E-state index in [-0.39, 0.29) is 23.8 Å². The SMILES string of the molecule is CC(NC1CCCC(C(=O)O)C1)c1cccc(F)c1. The van der Waals surface area contributed by atoms with Crippen molar-refractivity contribution in [1.29, 1.82) is 0 Å². The van der Waals surface area contributed by atoms with E-state index in [0.717, 1.165) is 24.8 Å². The quantitative estimate of drug-likeness (QED) is 0.879. The molecule has 0 heterocycles. The van der Waals surface area contributed by atoms with E-state index < -0.39 is 5.97 Å². The van der Waals surface area contributed by atoms with Crippen LogP contribution in [0.4, 0.5) is 4.39 Å². The van der Waals surface area contributed by atoms with Crippen molar-refractivity contribution in [2.24, 2.45) is 5.92 Å². The van der Waals surface area contributed by atoms with Gasteiger partial charge in [0.25, 0.3) is 0 Å². The third kappa shape index (κ3) is 3.77. The summed E-state index contributed by atoms with van der Waals surface area (Å²) in [6, 6.07) is 6.77. The largest absolute Gasteiger partial charge is 0.481 e. The molecule has 2 rings (SSSR count). The second-order valence-electron chi connectivity index (χ2n) is 5.34. The third-order valence-electron chi connectivity index (χ3n) is 3.86. The highest BCUT2D eigenvalue weighted by Gasteiger charge is 2.27. The fourth-order valence-corrected chi connectivity index (χ4v) is 2.79. The number of halogens is 1. The highest BCUT2D eigenvalue weighted by molar-refractivity contribution is 5.70. The minimum absolute atomic E-state index is 0.0354. The highest BCUT2D eigenvalue weighted by atomic mass is 19.1. The van der Waals surface area contributed by atoms with Crippen LogP contribution in [0.3, 0.4) is 0 Å². The van der Waals surface area contributed by atoms with Crippen molar-refractivity contribution in [2.75, 3.05) is 0 Å². The van der Waals surface area contributed by atoms with Crippen LogP contribution in [0.5, 0.6) is 0 Å². The summed E-state index contributed by atoms with van der Waals surface area (Å²) >= 11 is 0. The van der Waals surface area contributed by atoms with Crippen LogP contribution in [0, 0.1) is 11.7 Å². The molecule has 1 aliphatic rings. The van der Waals surface area contributed by atoms with Crippen molar-refractivity contribution in [3.8, 4) is 0 Å². The summed E-state index contributed by atoms with van der Waals surface area (Å²) < 4.78 is 13.2. The molecule has 3 nitrogen and oxygen atoms in total. The Hall–Kier alpha value is -1.42. The van der Waals surface area contributed by atoms with Crippen molar-refractivity contribution < 1.29 is 14.3 Å². The van der Waals surface area contributed by atoms with E-state index in [1.54, 1.807) is 6.07 Å². The minimum Gasteiger partial charge on any atom is -0.481 e. The van der Waals surface area contributed by atoms with Crippen LogP contribution in [0.15, 0.2) is 24.3 Å². The molecule has 0 aromatic heterocycles. The van der Waals surface area contributed by atoms with Gasteiger partial charge >= 0.3 is 5.97 Å². The fourth-order valence-electron chi connectivity index (χ4n) is 2.79. The van der Waals surface area contributed by atoms with E-state index >= 15 is 0 Å². The first-order valence-electron chi connectivity index (χ1n) is 6.80. The van der Waals surface area contributed by atoms with Gasteiger partial charge in [-0.15, -0.1) is 0 Å². The summed E-state index contributed by atoms with van der Waals surface area (Å²) in [4.78, 5) is 11.0. The van der Waals surface area contributed by atoms with Crippen LogP contribution in [0.2, 0.25) is 0 Å². The predicted octanol–water partition coefficient (Wildman–Crippen LogP) is 3.12. The zero-order valence-electron chi connectivity index (χ0n) is 11.1. The first kappa shape index (κ1) is 14.0. The first-order valence-corrected chi connectivity index (χ1v) is 6.80. The Balaban J connectivity index is 1.95. The van der Waals surface area contributed by atoms with E-state index in [1.165, 1.54) is 12.1 Å². The van der Waals surface area contributed by atoms with E-state index in [1.807, 2.05) is 13.0 Å². The van der Waals surface area contributed by atoms with Crippen molar-refractivity contribution in [3.05, 3.63) is 35.6 Å². The molecular weight excluding hydrogens is 245 g/mol. The summed E-state index contributed by atoms with van der Waals surface area (Å²) in [5.41, 5.74) is 0.900. The van der Waals surface area contributed by atoms with Gasteiger partial charge < -0.3 is 10.4 Å². The number of carboxylic acids is 1. The smallest absolute Gasteiger partial charge is 0.306 e. The van der Waals surface area contributed by atoms with Crippen LogP contribution in [0.25, 0.3) is 0 Å². The zero-order chi connectivity index (χ0) is 13.8. The summed E-state index contributed by atoms with van der Waals surface area (Å²) in [7, 11) is 0. The number of hydrogen-bond acceptors (Lipinski definition) is 2. The van der Waals surface area contributed by atoms with Crippen LogP contribution in [-0.2, 0) is 4.79 Å². The lowest BCUT2D eigenvalue weighted by atomic mass is 9.85. The molecule has 1 aromatic carbocycles. The Labute approximate surface area is 112 Å². The lowest BCUT2D eigenvalue weighted by Crippen LogP contribution is -2.37. The minimum atomic E-state index is -0.704. The molecule has 0 bridgehead atoms. The Morgan fingerprint density at radius 1 is 1.47 bits per heavy atom. The number of carbonyl (C=O) groups is 1. The maximum absolute atomic E-state index is 13.2. The molecule has 4 heteroatoms. The fraction of sp³-hybridized carbons (Fsp3) is 0.533. The van der Waals surface area contributed by atoms with E-state index in [2.05, 4.69) is 5.32 Å². The lowest BCUT2D eigenvalue weighted by Gasteiger charge is -2.30. The van der Waals surface area contributed by atoms with Gasteiger partial charge in [-0.1, -0.05) is 18.6 Å². The van der Waals surface area contributed by atoms with Crippen molar-refractivity contribution in [1.82, 2.24) is 5.32 Å². The number of hydrogen-bond donors (Lipinski definition) is 2. The summed E-state index contributed by atoms with van der Waals surface area (Å²) in [6.07, 6.45) is 3.35. The van der Waals surface area contributed by atoms with Gasteiger partial charge in [-0.05, 0) is 43.9 Å². The number of nitrogens with one attached hydrogen (secondary N) is 1. The summed E-state index contributed by atoms with van der Waals surface area (Å²) in [5.74, 6) is -1.19. The number of rotatable bonds is 4. The van der Waals surface area contributed by atoms with Gasteiger partial charge in [0, 0.05) is 12.1 Å². The molecule has 0 aliphatic heterocycles. The summed E-state index contributed by atoms with van der Waals surface area (Å²) in [6.45, 7) is 1.99. The highest BCUT2D eigenvalue weighted by Crippen LogP contribution is 2.26. The third-order valence-corrected chi connectivity index (χ3v) is 3.86. The van der Waals surface area contributed by atoms with Gasteiger partial charge in [0.05, 0.1) is 5.92 Å². The number of aliphatic carboxylic acids is 1. The molecule has 2 N–H and O–H groups in total. The van der Waals surface area contributed by atoms with Crippen molar-refractivity contribution in [2.45, 2.75) is 44.7 Å². The number of benzene rings is 1. The molecule has 3 atom stereocenters. The van der Waals surface area contributed by atoms with Crippen molar-refractivity contribution >= 4 is 5.97 Å². The molecule has 104 valence electrons.